The molecule has 0 saturated carbocycles. The molecule has 1 radical (unpaired) electrons. The van der Waals surface area contributed by atoms with Crippen molar-refractivity contribution in [1.29, 1.82) is 0 Å². The molecule has 1 aromatic carbocycles. The summed E-state index contributed by atoms with van der Waals surface area (Å²) in [5, 5.41) is 0. The normalized spacial score (nSPS) is 10.6. The van der Waals surface area contributed by atoms with E-state index in [0.717, 1.165) is 11.3 Å². The zero-order chi connectivity index (χ0) is 11.5. The third-order valence-electron chi connectivity index (χ3n) is 2.37. The number of aromatic nitrogens is 2. The first-order valence-electron chi connectivity index (χ1n) is 4.93. The van der Waals surface area contributed by atoms with Gasteiger partial charge in [-0.25, -0.2) is 4.98 Å². The maximum atomic E-state index is 11.0. The highest BCUT2D eigenvalue weighted by molar-refractivity contribution is 5.91. The molecule has 0 unspecified atom stereocenters. The summed E-state index contributed by atoms with van der Waals surface area (Å²) >= 11 is 0. The zero-order valence-corrected chi connectivity index (χ0v) is 8.90. The van der Waals surface area contributed by atoms with Crippen molar-refractivity contribution in [2.75, 3.05) is 0 Å². The van der Waals surface area contributed by atoms with Gasteiger partial charge in [0.1, 0.15) is 11.7 Å². The Bertz CT molecular complexity index is 490. The summed E-state index contributed by atoms with van der Waals surface area (Å²) in [6.45, 7) is 1.65. The summed E-state index contributed by atoms with van der Waals surface area (Å²) in [5.74, 6) is 0.488. The Hall–Kier alpha value is -2.10. The first-order valence-corrected chi connectivity index (χ1v) is 4.93. The predicted molar refractivity (Wildman–Crippen MR) is 61.2 cm³/mol. The van der Waals surface area contributed by atoms with E-state index in [4.69, 9.17) is 5.73 Å². The standard InChI is InChI=1S/C12H12N3O/c1-8(11(13)16)12-14-7-10(15-12)9-5-3-2-4-6-9/h2-7H,1H3,(H2,13,16)(H,14,15). The molecule has 0 atom stereocenters. The van der Waals surface area contributed by atoms with Crippen LogP contribution in [0.15, 0.2) is 36.5 Å². The highest BCUT2D eigenvalue weighted by Crippen LogP contribution is 2.18. The van der Waals surface area contributed by atoms with Gasteiger partial charge >= 0.3 is 0 Å². The number of amides is 1. The molecule has 2 aromatic rings. The molecule has 4 nitrogen and oxygen atoms in total. The summed E-state index contributed by atoms with van der Waals surface area (Å²) in [5.41, 5.74) is 6.98. The van der Waals surface area contributed by atoms with Gasteiger partial charge in [0.25, 0.3) is 0 Å². The minimum Gasteiger partial charge on any atom is -0.369 e. The van der Waals surface area contributed by atoms with E-state index in [2.05, 4.69) is 9.97 Å². The molecule has 0 saturated heterocycles. The van der Waals surface area contributed by atoms with Crippen molar-refractivity contribution in [3.05, 3.63) is 48.3 Å². The lowest BCUT2D eigenvalue weighted by Gasteiger charge is -2.00. The fraction of sp³-hybridized carbons (Fsp3) is 0.0833. The van der Waals surface area contributed by atoms with E-state index < -0.39 is 5.91 Å². The Morgan fingerprint density at radius 3 is 2.62 bits per heavy atom. The van der Waals surface area contributed by atoms with E-state index in [9.17, 15) is 4.79 Å². The van der Waals surface area contributed by atoms with Gasteiger partial charge in [0.2, 0.25) is 5.91 Å². The number of nitrogens with one attached hydrogen (secondary N) is 1. The number of H-pyrrole nitrogens is 1. The molecule has 3 N–H and O–H groups in total. The third-order valence-corrected chi connectivity index (χ3v) is 2.37. The summed E-state index contributed by atoms with van der Waals surface area (Å²) in [6, 6.07) is 9.74. The van der Waals surface area contributed by atoms with Crippen LogP contribution in [0.5, 0.6) is 0 Å². The average Bonchev–Trinajstić information content (AvgIpc) is 2.78. The Balaban J connectivity index is 2.30. The zero-order valence-electron chi connectivity index (χ0n) is 8.90. The van der Waals surface area contributed by atoms with E-state index in [1.165, 1.54) is 0 Å². The number of imidazole rings is 1. The van der Waals surface area contributed by atoms with Crippen molar-refractivity contribution in [2.24, 2.45) is 5.73 Å². The summed E-state index contributed by atoms with van der Waals surface area (Å²) in [7, 11) is 0. The number of nitrogens with two attached hydrogens (primary N) is 1. The van der Waals surface area contributed by atoms with Crippen molar-refractivity contribution in [2.45, 2.75) is 6.92 Å². The molecule has 1 amide bonds. The van der Waals surface area contributed by atoms with Crippen molar-refractivity contribution < 1.29 is 4.79 Å². The highest BCUT2D eigenvalue weighted by atomic mass is 16.1. The Labute approximate surface area is 93.5 Å². The van der Waals surface area contributed by atoms with Gasteiger partial charge in [0, 0.05) is 11.8 Å². The molecule has 4 heteroatoms. The number of carbonyl (C=O) groups excluding carboxylic acids is 1. The average molecular weight is 214 g/mol. The molecule has 0 fully saturated rings. The minimum absolute atomic E-state index is 0.433. The van der Waals surface area contributed by atoms with Crippen molar-refractivity contribution in [3.63, 3.8) is 0 Å². The third kappa shape index (κ3) is 1.95. The van der Waals surface area contributed by atoms with Gasteiger partial charge < -0.3 is 10.7 Å². The first-order chi connectivity index (χ1) is 7.68. The van der Waals surface area contributed by atoms with Crippen LogP contribution in [0.25, 0.3) is 11.3 Å². The number of rotatable bonds is 3. The monoisotopic (exact) mass is 214 g/mol. The molecule has 0 bridgehead atoms. The van der Waals surface area contributed by atoms with Crippen molar-refractivity contribution in [3.8, 4) is 11.3 Å². The van der Waals surface area contributed by atoms with E-state index >= 15 is 0 Å². The molecule has 16 heavy (non-hydrogen) atoms. The van der Waals surface area contributed by atoms with E-state index in [0.29, 0.717) is 11.7 Å². The lowest BCUT2D eigenvalue weighted by molar-refractivity contribution is -0.115. The summed E-state index contributed by atoms with van der Waals surface area (Å²) < 4.78 is 0. The van der Waals surface area contributed by atoms with Crippen LogP contribution in [0.3, 0.4) is 0 Å². The fourth-order valence-corrected chi connectivity index (χ4v) is 1.39. The number of nitrogens with zero attached hydrogens (tertiary/aromatic N) is 1. The first kappa shape index (κ1) is 10.4. The summed E-state index contributed by atoms with van der Waals surface area (Å²) in [6.07, 6.45) is 1.76. The van der Waals surface area contributed by atoms with Crippen LogP contribution in [0.1, 0.15) is 12.7 Å². The van der Waals surface area contributed by atoms with Crippen molar-refractivity contribution in [1.82, 2.24) is 9.97 Å². The Kier molecular flexibility index (Phi) is 2.72. The minimum atomic E-state index is -0.464. The van der Waals surface area contributed by atoms with Gasteiger partial charge in [0.15, 0.2) is 0 Å². The van der Waals surface area contributed by atoms with Crippen molar-refractivity contribution >= 4 is 5.91 Å². The molecule has 0 aliphatic heterocycles. The molecule has 0 spiro atoms. The number of hydrogen-bond donors (Lipinski definition) is 2. The molecule has 2 rings (SSSR count). The highest BCUT2D eigenvalue weighted by Gasteiger charge is 2.16. The fourth-order valence-electron chi connectivity index (χ4n) is 1.39. The summed E-state index contributed by atoms with van der Waals surface area (Å²) in [4.78, 5) is 18.2. The lowest BCUT2D eigenvalue weighted by Crippen LogP contribution is -2.20. The van der Waals surface area contributed by atoms with Gasteiger partial charge in [-0.3, -0.25) is 4.79 Å². The van der Waals surface area contributed by atoms with Crippen LogP contribution >= 0.6 is 0 Å². The predicted octanol–water partition coefficient (Wildman–Crippen LogP) is 1.50. The lowest BCUT2D eigenvalue weighted by atomic mass is 10.1. The van der Waals surface area contributed by atoms with Gasteiger partial charge in [0.05, 0.1) is 5.69 Å². The van der Waals surface area contributed by atoms with Crippen LogP contribution in [0, 0.1) is 5.92 Å². The second-order valence-electron chi connectivity index (χ2n) is 3.49. The Morgan fingerprint density at radius 1 is 1.31 bits per heavy atom. The van der Waals surface area contributed by atoms with Crippen LogP contribution in [0.4, 0.5) is 0 Å². The quantitative estimate of drug-likeness (QED) is 0.812. The number of primary amides is 1. The molecule has 0 aliphatic carbocycles. The van der Waals surface area contributed by atoms with Crippen LogP contribution in [0.2, 0.25) is 0 Å². The van der Waals surface area contributed by atoms with Crippen LogP contribution in [-0.4, -0.2) is 15.9 Å². The SMILES string of the molecule is C[C](C(N)=O)c1nc(-c2ccccc2)c[nH]1. The van der Waals surface area contributed by atoms with Gasteiger partial charge in [-0.15, -0.1) is 0 Å². The molecule has 81 valence electrons. The molecular formula is C12H12N3O. The van der Waals surface area contributed by atoms with Gasteiger partial charge in [-0.1, -0.05) is 30.3 Å². The van der Waals surface area contributed by atoms with Crippen LogP contribution in [-0.2, 0) is 4.79 Å². The van der Waals surface area contributed by atoms with Gasteiger partial charge in [-0.2, -0.15) is 0 Å². The van der Waals surface area contributed by atoms with E-state index in [1.807, 2.05) is 30.3 Å². The number of benzene rings is 1. The maximum Gasteiger partial charge on any atom is 0.232 e. The largest absolute Gasteiger partial charge is 0.369 e. The number of aromatic amines is 1. The smallest absolute Gasteiger partial charge is 0.232 e. The van der Waals surface area contributed by atoms with E-state index in [-0.39, 0.29) is 0 Å². The maximum absolute atomic E-state index is 11.0. The Morgan fingerprint density at radius 2 is 2.00 bits per heavy atom. The molecule has 1 aromatic heterocycles. The second kappa shape index (κ2) is 4.18. The molecular weight excluding hydrogens is 202 g/mol. The number of carbonyl (C=O) groups is 1. The van der Waals surface area contributed by atoms with Crippen LogP contribution < -0.4 is 5.73 Å². The second-order valence-corrected chi connectivity index (χ2v) is 3.49. The number of hydrogen-bond acceptors (Lipinski definition) is 2. The molecule has 1 heterocycles. The van der Waals surface area contributed by atoms with E-state index in [1.54, 1.807) is 13.1 Å². The molecule has 0 aliphatic rings. The topological polar surface area (TPSA) is 71.8 Å². The van der Waals surface area contributed by atoms with Gasteiger partial charge in [-0.05, 0) is 6.92 Å².